The van der Waals surface area contributed by atoms with Crippen LogP contribution in [0, 0.1) is 42.9 Å². The van der Waals surface area contributed by atoms with Crippen molar-refractivity contribution in [1.82, 2.24) is 0 Å². The van der Waals surface area contributed by atoms with Crippen molar-refractivity contribution >= 4 is 43.1 Å². The number of aliphatic carboxylic acids is 2. The number of aliphatic hydroxyl groups excluding tert-OH is 6. The van der Waals surface area contributed by atoms with Gasteiger partial charge in [0.05, 0.1) is 63.3 Å². The Morgan fingerprint density at radius 2 is 1.03 bits per heavy atom. The number of hydrogen-bond donors (Lipinski definition) is 6. The van der Waals surface area contributed by atoms with Gasteiger partial charge >= 0.3 is 0 Å². The fraction of sp³-hybridized carbons (Fsp3) is 0.926. The van der Waals surface area contributed by atoms with Crippen LogP contribution in [0.1, 0.15) is 26.7 Å². The molecule has 14 atom stereocenters. The van der Waals surface area contributed by atoms with Gasteiger partial charge in [0.1, 0.15) is 54.9 Å². The number of aliphatic hydroxyl groups is 6. The summed E-state index contributed by atoms with van der Waals surface area (Å²) in [5.74, 6) is -3.45. The molecule has 0 spiro atoms. The summed E-state index contributed by atoms with van der Waals surface area (Å²) in [6, 6.07) is 0. The van der Waals surface area contributed by atoms with E-state index in [1.54, 1.807) is 13.8 Å². The van der Waals surface area contributed by atoms with Crippen LogP contribution in [0.5, 0.6) is 0 Å². The Balaban J connectivity index is 0.000000748. The van der Waals surface area contributed by atoms with Gasteiger partial charge in [0, 0.05) is 56.7 Å². The molecule has 0 radical (unpaired) electrons. The first-order valence-electron chi connectivity index (χ1n) is 16.4. The van der Waals surface area contributed by atoms with Crippen molar-refractivity contribution in [2.45, 2.75) is 99.9 Å². The van der Waals surface area contributed by atoms with Crippen LogP contribution < -0.4 is 10.2 Å². The fourth-order valence-corrected chi connectivity index (χ4v) is 6.18. The largest absolute Gasteiger partial charge is 0.726 e. The second-order valence-corrected chi connectivity index (χ2v) is 15.8. The summed E-state index contributed by atoms with van der Waals surface area (Å²) in [6.45, 7) is 2.34. The van der Waals surface area contributed by atoms with E-state index < -0.39 is 130 Å². The number of carbonyl (C=O) groups is 2. The van der Waals surface area contributed by atoms with Crippen molar-refractivity contribution in [3.05, 3.63) is 0 Å². The van der Waals surface area contributed by atoms with Gasteiger partial charge in [0.25, 0.3) is 0 Å². The molecule has 4 heterocycles. The van der Waals surface area contributed by atoms with E-state index in [4.69, 9.17) is 18.9 Å². The first-order chi connectivity index (χ1) is 26.1. The van der Waals surface area contributed by atoms with Gasteiger partial charge in [0.15, 0.2) is 0 Å². The Kier molecular flexibility index (Phi) is 25.6. The van der Waals surface area contributed by atoms with Crippen molar-refractivity contribution in [3.8, 4) is 0 Å². The number of ether oxygens (including phenoxy) is 5. The maximum Gasteiger partial charge on any atom is 0.218 e. The summed E-state index contributed by atoms with van der Waals surface area (Å²) in [4.78, 5) is 20.8. The third-order valence-corrected chi connectivity index (χ3v) is 9.62. The third-order valence-electron chi connectivity index (χ3n) is 8.29. The first kappa shape index (κ1) is 57.2. The van der Waals surface area contributed by atoms with Crippen molar-refractivity contribution in [2.75, 3.05) is 46.8 Å². The zero-order valence-corrected chi connectivity index (χ0v) is 37.3. The van der Waals surface area contributed by atoms with Gasteiger partial charge < -0.3 is 87.8 Å². The predicted molar refractivity (Wildman–Crippen MR) is 169 cm³/mol. The zero-order valence-electron chi connectivity index (χ0n) is 30.7. The summed E-state index contributed by atoms with van der Waals surface area (Å²) in [5, 5.41) is 77.0. The normalized spacial score (nSPS) is 35.5. The van der Waals surface area contributed by atoms with E-state index in [9.17, 15) is 89.4 Å². The molecule has 58 heavy (non-hydrogen) atoms. The number of carboxylic acid groups (broad SMARTS) is 2. The average molecular weight is 1140 g/mol. The maximum absolute atomic E-state index is 10.4. The van der Waals surface area contributed by atoms with Crippen LogP contribution in [-0.2, 0) is 77.0 Å². The molecule has 0 saturated carbocycles. The summed E-state index contributed by atoms with van der Waals surface area (Å²) < 4.78 is 128. The predicted octanol–water partition coefficient (Wildman–Crippen LogP) is -8.93. The molecule has 0 bridgehead atoms. The van der Waals surface area contributed by atoms with Crippen LogP contribution >= 0.6 is 0 Å². The molecule has 4 rings (SSSR count). The number of rotatable bonds is 11. The van der Waals surface area contributed by atoms with Gasteiger partial charge in [-0.25, -0.2) is 25.3 Å². The summed E-state index contributed by atoms with van der Waals surface area (Å²) >= 11 is 0. The van der Waals surface area contributed by atoms with Crippen LogP contribution in [0.4, 0.5) is 0 Å². The fourth-order valence-electron chi connectivity index (χ4n) is 5.11. The van der Waals surface area contributed by atoms with Gasteiger partial charge in [-0.2, -0.15) is 0 Å². The molecule has 0 aliphatic carbocycles. The van der Waals surface area contributed by atoms with Crippen LogP contribution in [0.2, 0.25) is 0 Å². The molecule has 342 valence electrons. The molecule has 31 heteroatoms. The maximum atomic E-state index is 10.4. The van der Waals surface area contributed by atoms with Gasteiger partial charge in [-0.1, -0.05) is 13.8 Å². The van der Waals surface area contributed by atoms with E-state index >= 15 is 0 Å². The smallest absolute Gasteiger partial charge is 0.218 e. The molecular weight excluding hydrogens is 1090 g/mol. The standard InChI is InChI=1S/2C7H14O7S.C7H12O4.C6H10O9S.U/c2*1-4-2-13-5(7(9)6(4)8)3-14-15(10,11)12;1-10-5-3-2-4-11-6(5)7(8)9;7-3-2(15-16(11,12)13)1-14-5(4(3)8)6(9)10;/h2*4-9H,2-3H2,1H3,(H,10,11,12);5-6H,2-4H2,1H3,(H,8,9);2-5,7-8H,1H2,(H,9,10)(H,11,12,13);/p-5. The molecule has 4 aliphatic heterocycles. The van der Waals surface area contributed by atoms with Crippen LogP contribution in [-0.4, -0.2) is 201 Å². The molecule has 4 aliphatic rings. The van der Waals surface area contributed by atoms with Gasteiger partial charge in [-0.15, -0.1) is 0 Å². The number of carbonyl (C=O) groups excluding carboxylic acids is 2. The second kappa shape index (κ2) is 25.9. The molecule has 4 fully saturated rings. The van der Waals surface area contributed by atoms with E-state index in [0.717, 1.165) is 12.8 Å². The third kappa shape index (κ3) is 20.8. The van der Waals surface area contributed by atoms with Crippen LogP contribution in [0.15, 0.2) is 0 Å². The Bertz CT molecular complexity index is 1500. The Morgan fingerprint density at radius 1 is 0.603 bits per heavy atom. The van der Waals surface area contributed by atoms with Crippen molar-refractivity contribution in [1.29, 1.82) is 0 Å². The molecule has 0 aromatic rings. The molecule has 6 N–H and O–H groups in total. The summed E-state index contributed by atoms with van der Waals surface area (Å²) in [6.07, 6.45) is -13.4. The molecule has 27 nitrogen and oxygen atoms in total. The molecule has 0 aromatic carbocycles. The average Bonchev–Trinajstić information content (AvgIpc) is 3.10. The quantitative estimate of drug-likeness (QED) is 0.0826. The van der Waals surface area contributed by atoms with E-state index in [2.05, 4.69) is 17.3 Å². The van der Waals surface area contributed by atoms with E-state index in [-0.39, 0.29) is 62.3 Å². The molecule has 14 unspecified atom stereocenters. The van der Waals surface area contributed by atoms with E-state index in [1.807, 2.05) is 0 Å². The first-order valence-corrected chi connectivity index (χ1v) is 20.4. The minimum Gasteiger partial charge on any atom is -0.726 e. The Hall–Kier alpha value is -0.838. The second-order valence-electron chi connectivity index (χ2n) is 12.7. The van der Waals surface area contributed by atoms with Gasteiger partial charge in [0.2, 0.25) is 31.2 Å². The van der Waals surface area contributed by atoms with Crippen LogP contribution in [0.25, 0.3) is 0 Å². The van der Waals surface area contributed by atoms with Crippen molar-refractivity contribution in [3.63, 3.8) is 0 Å². The van der Waals surface area contributed by atoms with Gasteiger partial charge in [-0.3, -0.25) is 12.5 Å². The SMILES string of the molecule is CC1COC(COS(=O)(=O)[O-])C(O)C1O.CC1COC(COS(=O)(=O)[O-])C(O)C1O.COC1CCCOC1C(=O)[O-].O=C([O-])C1OCC(OS(=O)(=O)[O-])C(O)C1O.[U]. The van der Waals surface area contributed by atoms with Crippen molar-refractivity contribution < 1.29 is 157 Å². The number of carboxylic acids is 2. The molecule has 0 aromatic heterocycles. The number of hydrogen-bond acceptors (Lipinski definition) is 27. The molecule has 4 saturated heterocycles. The minimum atomic E-state index is -5.08. The topological polar surface area (TPSA) is 447 Å². The minimum absolute atomic E-state index is 0. The van der Waals surface area contributed by atoms with E-state index in [0.29, 0.717) is 6.61 Å². The monoisotopic (exact) mass is 1140 g/mol. The molecular formula is C27H45O27S3U-5. The van der Waals surface area contributed by atoms with Crippen molar-refractivity contribution in [2.24, 2.45) is 11.8 Å². The zero-order chi connectivity index (χ0) is 44.1. The van der Waals surface area contributed by atoms with Gasteiger partial charge in [-0.05, 0) is 12.8 Å². The van der Waals surface area contributed by atoms with Crippen LogP contribution in [0.3, 0.4) is 0 Å². The molecule has 0 amide bonds. The number of methoxy groups -OCH3 is 1. The Labute approximate surface area is 356 Å². The summed E-state index contributed by atoms with van der Waals surface area (Å²) in [7, 11) is -13.2. The van der Waals surface area contributed by atoms with E-state index in [1.165, 1.54) is 7.11 Å². The summed E-state index contributed by atoms with van der Waals surface area (Å²) in [5.41, 5.74) is 0. The Morgan fingerprint density at radius 3 is 1.38 bits per heavy atom.